The van der Waals surface area contributed by atoms with Crippen molar-refractivity contribution in [3.63, 3.8) is 0 Å². The first kappa shape index (κ1) is 19.6. The number of rotatable bonds is 3. The zero-order valence-corrected chi connectivity index (χ0v) is 16.9. The average Bonchev–Trinajstić information content (AvgIpc) is 3.05. The Hall–Kier alpha value is -2.16. The fourth-order valence-electron chi connectivity index (χ4n) is 3.37. The summed E-state index contributed by atoms with van der Waals surface area (Å²) in [6, 6.07) is 3.62. The Morgan fingerprint density at radius 1 is 1.41 bits per heavy atom. The van der Waals surface area contributed by atoms with Crippen LogP contribution in [0.1, 0.15) is 23.2 Å². The van der Waals surface area contributed by atoms with Gasteiger partial charge in [-0.1, -0.05) is 0 Å². The van der Waals surface area contributed by atoms with Gasteiger partial charge in [0.15, 0.2) is 0 Å². The van der Waals surface area contributed by atoms with E-state index in [0.29, 0.717) is 11.3 Å². The Morgan fingerprint density at radius 3 is 3.00 bits per heavy atom. The van der Waals surface area contributed by atoms with Crippen molar-refractivity contribution in [1.82, 2.24) is 15.0 Å². The van der Waals surface area contributed by atoms with Crippen LogP contribution in [0, 0.1) is 0 Å². The molecule has 1 aliphatic rings. The van der Waals surface area contributed by atoms with Gasteiger partial charge in [0.25, 0.3) is 5.91 Å². The zero-order valence-electron chi connectivity index (χ0n) is 14.5. The highest BCUT2D eigenvalue weighted by atomic mass is 79.9. The summed E-state index contributed by atoms with van der Waals surface area (Å²) in [5.41, 5.74) is 9.10. The van der Waals surface area contributed by atoms with Gasteiger partial charge in [0.2, 0.25) is 0 Å². The quantitative estimate of drug-likeness (QED) is 0.567. The minimum absolute atomic E-state index is 0. The summed E-state index contributed by atoms with van der Waals surface area (Å²) in [5, 5.41) is 3.85. The first-order valence-corrected chi connectivity index (χ1v) is 9.30. The number of halogens is 2. The van der Waals surface area contributed by atoms with Crippen molar-refractivity contribution in [3.8, 4) is 0 Å². The normalized spacial score (nSPS) is 16.8. The molecule has 1 atom stereocenters. The number of amides is 1. The van der Waals surface area contributed by atoms with Gasteiger partial charge in [-0.15, -0.1) is 12.4 Å². The summed E-state index contributed by atoms with van der Waals surface area (Å²) in [4.78, 5) is 26.4. The summed E-state index contributed by atoms with van der Waals surface area (Å²) >= 11 is 3.62. The Balaban J connectivity index is 0.00000210. The molecule has 0 aromatic carbocycles. The van der Waals surface area contributed by atoms with Crippen LogP contribution in [0.5, 0.6) is 0 Å². The van der Waals surface area contributed by atoms with Crippen LogP contribution >= 0.6 is 28.3 Å². The van der Waals surface area contributed by atoms with Crippen LogP contribution in [0.25, 0.3) is 11.0 Å². The number of aromatic nitrogens is 3. The number of carbonyl (C=O) groups excluding carboxylic acids is 1. The predicted molar refractivity (Wildman–Crippen MR) is 113 cm³/mol. The second-order valence-electron chi connectivity index (χ2n) is 6.42. The summed E-state index contributed by atoms with van der Waals surface area (Å²) in [6.07, 6.45) is 8.80. The maximum atomic E-state index is 12.5. The van der Waals surface area contributed by atoms with Gasteiger partial charge < -0.3 is 20.9 Å². The molecule has 0 spiro atoms. The smallest absolute Gasteiger partial charge is 0.257 e. The van der Waals surface area contributed by atoms with E-state index in [1.54, 1.807) is 36.9 Å². The maximum absolute atomic E-state index is 12.5. The largest absolute Gasteiger partial charge is 0.368 e. The van der Waals surface area contributed by atoms with Crippen LogP contribution in [0.15, 0.2) is 41.4 Å². The number of H-pyrrole nitrogens is 1. The number of anilines is 2. The molecule has 1 fully saturated rings. The molecule has 0 aliphatic carbocycles. The third-order valence-corrected chi connectivity index (χ3v) is 5.16. The molecule has 4 rings (SSSR count). The van der Waals surface area contributed by atoms with Crippen molar-refractivity contribution in [2.24, 2.45) is 5.73 Å². The molecule has 3 aromatic rings. The van der Waals surface area contributed by atoms with Crippen molar-refractivity contribution in [2.75, 3.05) is 23.3 Å². The first-order valence-electron chi connectivity index (χ1n) is 8.51. The summed E-state index contributed by atoms with van der Waals surface area (Å²) in [6.45, 7) is 1.70. The molecular formula is C18H20BrClN6O. The third kappa shape index (κ3) is 3.92. The highest BCUT2D eigenvalue weighted by Gasteiger charge is 2.24. The molecule has 142 valence electrons. The molecule has 3 aromatic heterocycles. The van der Waals surface area contributed by atoms with E-state index in [2.05, 4.69) is 41.1 Å². The zero-order chi connectivity index (χ0) is 18.1. The maximum Gasteiger partial charge on any atom is 0.257 e. The Labute approximate surface area is 171 Å². The van der Waals surface area contributed by atoms with Crippen molar-refractivity contribution in [2.45, 2.75) is 18.9 Å². The van der Waals surface area contributed by atoms with Crippen LogP contribution in [0.3, 0.4) is 0 Å². The molecule has 7 nitrogen and oxygen atoms in total. The highest BCUT2D eigenvalue weighted by Crippen LogP contribution is 2.38. The molecule has 0 saturated carbocycles. The topological polar surface area (TPSA) is 99.9 Å². The second-order valence-corrected chi connectivity index (χ2v) is 7.28. The van der Waals surface area contributed by atoms with Gasteiger partial charge in [0.05, 0.1) is 26.8 Å². The lowest BCUT2D eigenvalue weighted by Gasteiger charge is -2.33. The van der Waals surface area contributed by atoms with E-state index in [-0.39, 0.29) is 24.4 Å². The van der Waals surface area contributed by atoms with Crippen LogP contribution in [-0.4, -0.2) is 40.0 Å². The van der Waals surface area contributed by atoms with E-state index in [9.17, 15) is 4.79 Å². The molecule has 1 amide bonds. The molecule has 1 saturated heterocycles. The SMILES string of the molecule is Cl.N[C@@H]1CCCN(c2c(Br)cnc3[nH]cc(NC(=O)c4cccnc4)c23)C1. The number of pyridine rings is 2. The molecule has 27 heavy (non-hydrogen) atoms. The fourth-order valence-corrected chi connectivity index (χ4v) is 3.92. The minimum Gasteiger partial charge on any atom is -0.368 e. The number of aromatic amines is 1. The Morgan fingerprint density at radius 2 is 2.26 bits per heavy atom. The van der Waals surface area contributed by atoms with Gasteiger partial charge >= 0.3 is 0 Å². The highest BCUT2D eigenvalue weighted by molar-refractivity contribution is 9.10. The number of nitrogens with zero attached hydrogens (tertiary/aromatic N) is 3. The third-order valence-electron chi connectivity index (χ3n) is 4.58. The van der Waals surface area contributed by atoms with Crippen LogP contribution in [-0.2, 0) is 0 Å². The van der Waals surface area contributed by atoms with Gasteiger partial charge in [-0.3, -0.25) is 9.78 Å². The van der Waals surface area contributed by atoms with E-state index in [1.165, 1.54) is 0 Å². The molecule has 4 heterocycles. The summed E-state index contributed by atoms with van der Waals surface area (Å²) in [7, 11) is 0. The number of hydrogen-bond donors (Lipinski definition) is 3. The monoisotopic (exact) mass is 450 g/mol. The molecule has 9 heteroatoms. The van der Waals surface area contributed by atoms with Crippen LogP contribution in [0.2, 0.25) is 0 Å². The number of fused-ring (bicyclic) bond motifs is 1. The number of hydrogen-bond acceptors (Lipinski definition) is 5. The lowest BCUT2D eigenvalue weighted by molar-refractivity contribution is 0.102. The molecule has 1 aliphatic heterocycles. The lowest BCUT2D eigenvalue weighted by Crippen LogP contribution is -2.43. The molecule has 0 radical (unpaired) electrons. The van der Waals surface area contributed by atoms with Gasteiger partial charge in [0.1, 0.15) is 5.65 Å². The second kappa shape index (κ2) is 8.24. The minimum atomic E-state index is -0.208. The van der Waals surface area contributed by atoms with Crippen molar-refractivity contribution in [3.05, 3.63) is 47.0 Å². The number of nitrogens with one attached hydrogen (secondary N) is 2. The Bertz CT molecular complexity index is 948. The van der Waals surface area contributed by atoms with E-state index < -0.39 is 0 Å². The van der Waals surface area contributed by atoms with Gasteiger partial charge in [-0.05, 0) is 40.9 Å². The molecule has 0 unspecified atom stereocenters. The number of carbonyl (C=O) groups is 1. The standard InChI is InChI=1S/C18H19BrN6O.ClH/c19-13-8-22-17-15(16(13)25-6-2-4-12(20)10-25)14(9-23-17)24-18(26)11-3-1-5-21-7-11;/h1,3,5,7-9,12H,2,4,6,10,20H2,(H,22,23)(H,24,26);1H/t12-;/m1./s1. The van der Waals surface area contributed by atoms with Crippen molar-refractivity contribution < 1.29 is 4.79 Å². The molecular weight excluding hydrogens is 432 g/mol. The molecule has 4 N–H and O–H groups in total. The van der Waals surface area contributed by atoms with E-state index >= 15 is 0 Å². The van der Waals surface area contributed by atoms with Crippen molar-refractivity contribution >= 4 is 56.7 Å². The predicted octanol–water partition coefficient (Wildman–Crippen LogP) is 3.32. The van der Waals surface area contributed by atoms with Gasteiger partial charge in [0, 0.05) is 43.9 Å². The van der Waals surface area contributed by atoms with E-state index in [4.69, 9.17) is 5.73 Å². The average molecular weight is 452 g/mol. The number of nitrogens with two attached hydrogens (primary N) is 1. The Kier molecular flexibility index (Phi) is 5.98. The van der Waals surface area contributed by atoms with E-state index in [1.807, 2.05) is 0 Å². The van der Waals surface area contributed by atoms with Crippen LogP contribution in [0.4, 0.5) is 11.4 Å². The van der Waals surface area contributed by atoms with Crippen LogP contribution < -0.4 is 16.0 Å². The van der Waals surface area contributed by atoms with Crippen molar-refractivity contribution in [1.29, 1.82) is 0 Å². The first-order chi connectivity index (χ1) is 12.6. The number of piperidine rings is 1. The molecule has 0 bridgehead atoms. The lowest BCUT2D eigenvalue weighted by atomic mass is 10.1. The fraction of sp³-hybridized carbons (Fsp3) is 0.278. The summed E-state index contributed by atoms with van der Waals surface area (Å²) in [5.74, 6) is -0.208. The van der Waals surface area contributed by atoms with Gasteiger partial charge in [-0.25, -0.2) is 4.98 Å². The van der Waals surface area contributed by atoms with E-state index in [0.717, 1.165) is 47.1 Å². The van der Waals surface area contributed by atoms with Gasteiger partial charge in [-0.2, -0.15) is 0 Å². The summed E-state index contributed by atoms with van der Waals surface area (Å²) < 4.78 is 0.885.